The molecule has 3 aromatic heterocycles. The van der Waals surface area contributed by atoms with Crippen molar-refractivity contribution in [1.82, 2.24) is 24.2 Å². The molecule has 6 nitrogen and oxygen atoms in total. The smallest absolute Gasteiger partial charge is 0.137 e. The summed E-state index contributed by atoms with van der Waals surface area (Å²) in [5.41, 5.74) is 6.68. The zero-order valence-corrected chi connectivity index (χ0v) is 22.1. The summed E-state index contributed by atoms with van der Waals surface area (Å²) < 4.78 is 21.5. The minimum atomic E-state index is -0.259. The Morgan fingerprint density at radius 3 is 2.49 bits per heavy atom. The monoisotopic (exact) mass is 521 g/mol. The molecule has 1 fully saturated rings. The number of pyridine rings is 2. The number of hydrogen-bond acceptors (Lipinski definition) is 5. The third-order valence-electron chi connectivity index (χ3n) is 7.36. The highest BCUT2D eigenvalue weighted by atomic mass is 19.1. The first-order valence-electron chi connectivity index (χ1n) is 13.5. The van der Waals surface area contributed by atoms with Crippen LogP contribution >= 0.6 is 0 Å². The van der Waals surface area contributed by atoms with Crippen molar-refractivity contribution >= 4 is 5.65 Å². The number of likely N-dealkylation sites (N-methyl/N-ethyl adjacent to an activating group) is 1. The van der Waals surface area contributed by atoms with Crippen molar-refractivity contribution in [2.45, 2.75) is 6.42 Å². The second-order valence-corrected chi connectivity index (χ2v) is 10.1. The number of ether oxygens (including phenoxy) is 1. The van der Waals surface area contributed by atoms with E-state index >= 15 is 0 Å². The molecule has 0 aliphatic carbocycles. The van der Waals surface area contributed by atoms with Crippen LogP contribution in [0.2, 0.25) is 0 Å². The van der Waals surface area contributed by atoms with E-state index in [9.17, 15) is 4.39 Å². The summed E-state index contributed by atoms with van der Waals surface area (Å²) in [6.07, 6.45) is 6.73. The number of aromatic nitrogens is 3. The Kier molecular flexibility index (Phi) is 7.34. The minimum absolute atomic E-state index is 0.259. The number of halogens is 1. The fourth-order valence-electron chi connectivity index (χ4n) is 5.06. The molecule has 2 aromatic carbocycles. The van der Waals surface area contributed by atoms with Gasteiger partial charge in [-0.2, -0.15) is 0 Å². The molecule has 0 saturated carbocycles. The standard InChI is InChI=1S/C32H32FN5O/c1-36-15-17-37(18-16-36)13-3-19-39-29-5-2-4-25(20-29)26-11-14-38-31(23-35-32(38)22-26)27-10-12-34-30(21-27)24-6-8-28(33)9-7-24/h2,4-12,14,20-23H,3,13,15-19H2,1H3. The fourth-order valence-corrected chi connectivity index (χ4v) is 5.06. The Labute approximate surface area is 228 Å². The van der Waals surface area contributed by atoms with Crippen molar-refractivity contribution in [2.24, 2.45) is 0 Å². The van der Waals surface area contributed by atoms with Gasteiger partial charge in [0.1, 0.15) is 17.2 Å². The summed E-state index contributed by atoms with van der Waals surface area (Å²) in [6.45, 7) is 6.36. The molecule has 39 heavy (non-hydrogen) atoms. The van der Waals surface area contributed by atoms with Crippen molar-refractivity contribution in [1.29, 1.82) is 0 Å². The third kappa shape index (κ3) is 5.85. The van der Waals surface area contributed by atoms with Gasteiger partial charge >= 0.3 is 0 Å². The molecule has 4 heterocycles. The van der Waals surface area contributed by atoms with Crippen molar-refractivity contribution in [3.05, 3.63) is 97.2 Å². The van der Waals surface area contributed by atoms with Gasteiger partial charge in [-0.15, -0.1) is 0 Å². The first kappa shape index (κ1) is 25.2. The lowest BCUT2D eigenvalue weighted by atomic mass is 10.1. The third-order valence-corrected chi connectivity index (χ3v) is 7.36. The average molecular weight is 522 g/mol. The topological polar surface area (TPSA) is 45.9 Å². The Morgan fingerprint density at radius 2 is 1.64 bits per heavy atom. The van der Waals surface area contributed by atoms with Gasteiger partial charge in [0.2, 0.25) is 0 Å². The summed E-state index contributed by atoms with van der Waals surface area (Å²) in [4.78, 5) is 14.1. The Hall–Kier alpha value is -4.07. The number of benzene rings is 2. The Bertz CT molecular complexity index is 1560. The maximum atomic E-state index is 13.4. The van der Waals surface area contributed by atoms with Crippen LogP contribution in [0.15, 0.2) is 91.4 Å². The molecule has 1 saturated heterocycles. The first-order chi connectivity index (χ1) is 19.1. The lowest BCUT2D eigenvalue weighted by Gasteiger charge is -2.32. The molecule has 0 amide bonds. The van der Waals surface area contributed by atoms with E-state index in [-0.39, 0.29) is 5.82 Å². The van der Waals surface area contributed by atoms with Crippen molar-refractivity contribution in [3.8, 4) is 39.4 Å². The van der Waals surface area contributed by atoms with Crippen LogP contribution < -0.4 is 4.74 Å². The van der Waals surface area contributed by atoms with E-state index in [1.54, 1.807) is 18.3 Å². The molecule has 198 valence electrons. The normalized spacial score (nSPS) is 14.6. The quantitative estimate of drug-likeness (QED) is 0.239. The summed E-state index contributed by atoms with van der Waals surface area (Å²) in [6, 6.07) is 22.8. The van der Waals surface area contributed by atoms with Gasteiger partial charge in [-0.05, 0) is 85.3 Å². The Balaban J connectivity index is 1.15. The molecule has 0 atom stereocenters. The van der Waals surface area contributed by atoms with Gasteiger partial charge in [-0.3, -0.25) is 9.38 Å². The number of rotatable bonds is 8. The predicted octanol–water partition coefficient (Wildman–Crippen LogP) is 5.89. The zero-order chi connectivity index (χ0) is 26.6. The van der Waals surface area contributed by atoms with Crippen LogP contribution in [0.1, 0.15) is 6.42 Å². The molecule has 0 bridgehead atoms. The molecule has 0 radical (unpaired) electrons. The van der Waals surface area contributed by atoms with E-state index in [1.807, 2.05) is 30.5 Å². The molecule has 6 rings (SSSR count). The van der Waals surface area contributed by atoms with Gasteiger partial charge < -0.3 is 14.5 Å². The van der Waals surface area contributed by atoms with E-state index < -0.39 is 0 Å². The van der Waals surface area contributed by atoms with E-state index in [4.69, 9.17) is 4.74 Å². The van der Waals surface area contributed by atoms with Crippen molar-refractivity contribution in [3.63, 3.8) is 0 Å². The van der Waals surface area contributed by atoms with Crippen LogP contribution in [0, 0.1) is 5.82 Å². The number of nitrogens with zero attached hydrogens (tertiary/aromatic N) is 5. The zero-order valence-electron chi connectivity index (χ0n) is 22.1. The van der Waals surface area contributed by atoms with Crippen LogP contribution in [0.3, 0.4) is 0 Å². The predicted molar refractivity (Wildman–Crippen MR) is 153 cm³/mol. The van der Waals surface area contributed by atoms with E-state index in [0.29, 0.717) is 6.61 Å². The van der Waals surface area contributed by atoms with Gasteiger partial charge in [0, 0.05) is 56.2 Å². The SMILES string of the molecule is CN1CCN(CCCOc2cccc(-c3ccn4c(-c5ccnc(-c6ccc(F)cc6)c5)cnc4c3)c2)CC1. The van der Waals surface area contributed by atoms with Crippen LogP contribution in [-0.4, -0.2) is 70.5 Å². The molecule has 1 aliphatic rings. The molecular formula is C32H32FN5O. The lowest BCUT2D eigenvalue weighted by Crippen LogP contribution is -2.44. The first-order valence-corrected chi connectivity index (χ1v) is 13.5. The van der Waals surface area contributed by atoms with E-state index in [2.05, 4.69) is 61.7 Å². The van der Waals surface area contributed by atoms with Gasteiger partial charge in [0.05, 0.1) is 24.2 Å². The molecule has 0 spiro atoms. The van der Waals surface area contributed by atoms with Gasteiger partial charge in [-0.25, -0.2) is 9.37 Å². The Morgan fingerprint density at radius 1 is 0.821 bits per heavy atom. The molecule has 7 heteroatoms. The van der Waals surface area contributed by atoms with Gasteiger partial charge in [-0.1, -0.05) is 12.1 Å². The minimum Gasteiger partial charge on any atom is -0.494 e. The highest BCUT2D eigenvalue weighted by molar-refractivity contribution is 5.73. The van der Waals surface area contributed by atoms with Gasteiger partial charge in [0.15, 0.2) is 0 Å². The van der Waals surface area contributed by atoms with Gasteiger partial charge in [0.25, 0.3) is 0 Å². The number of piperazine rings is 1. The summed E-state index contributed by atoms with van der Waals surface area (Å²) in [5.74, 6) is 0.630. The van der Waals surface area contributed by atoms with Crippen LogP contribution in [-0.2, 0) is 0 Å². The largest absolute Gasteiger partial charge is 0.494 e. The number of fused-ring (bicyclic) bond motifs is 1. The second-order valence-electron chi connectivity index (χ2n) is 10.1. The van der Waals surface area contributed by atoms with E-state index in [1.165, 1.54) is 12.1 Å². The maximum absolute atomic E-state index is 13.4. The highest BCUT2D eigenvalue weighted by Gasteiger charge is 2.13. The second kappa shape index (κ2) is 11.4. The van der Waals surface area contributed by atoms with Crippen LogP contribution in [0.25, 0.3) is 39.3 Å². The molecule has 1 aliphatic heterocycles. The van der Waals surface area contributed by atoms with E-state index in [0.717, 1.165) is 84.2 Å². The summed E-state index contributed by atoms with van der Waals surface area (Å²) in [5, 5.41) is 0. The molecule has 0 unspecified atom stereocenters. The average Bonchev–Trinajstić information content (AvgIpc) is 3.40. The summed E-state index contributed by atoms with van der Waals surface area (Å²) >= 11 is 0. The maximum Gasteiger partial charge on any atom is 0.137 e. The molecular weight excluding hydrogens is 489 g/mol. The van der Waals surface area contributed by atoms with Crippen molar-refractivity contribution < 1.29 is 9.13 Å². The van der Waals surface area contributed by atoms with Crippen LogP contribution in [0.4, 0.5) is 4.39 Å². The van der Waals surface area contributed by atoms with Crippen LogP contribution in [0.5, 0.6) is 5.75 Å². The van der Waals surface area contributed by atoms with Crippen molar-refractivity contribution in [2.75, 3.05) is 46.4 Å². The molecule has 5 aromatic rings. The summed E-state index contributed by atoms with van der Waals surface area (Å²) in [7, 11) is 2.18. The number of hydrogen-bond donors (Lipinski definition) is 0. The fraction of sp³-hybridized carbons (Fsp3) is 0.250. The lowest BCUT2D eigenvalue weighted by molar-refractivity contribution is 0.145. The number of imidazole rings is 1. The highest BCUT2D eigenvalue weighted by Crippen LogP contribution is 2.29. The molecule has 0 N–H and O–H groups in total.